The Morgan fingerprint density at radius 1 is 1.00 bits per heavy atom. The van der Waals surface area contributed by atoms with E-state index in [0.717, 1.165) is 19.0 Å². The molecular formula is C22H29NO2. The Morgan fingerprint density at radius 3 is 2.16 bits per heavy atom. The highest BCUT2D eigenvalue weighted by molar-refractivity contribution is 5.81. The highest BCUT2D eigenvalue weighted by atomic mass is 16.3. The molecule has 3 saturated carbocycles. The monoisotopic (exact) mass is 339 g/mol. The second kappa shape index (κ2) is 5.33. The highest BCUT2D eigenvalue weighted by Crippen LogP contribution is 2.53. The van der Waals surface area contributed by atoms with Gasteiger partial charge < -0.3 is 10.0 Å². The Hall–Kier alpha value is -1.35. The van der Waals surface area contributed by atoms with Crippen molar-refractivity contribution in [2.45, 2.75) is 69.3 Å². The van der Waals surface area contributed by atoms with E-state index in [1.165, 1.54) is 43.2 Å². The third-order valence-corrected chi connectivity index (χ3v) is 7.24. The van der Waals surface area contributed by atoms with E-state index in [4.69, 9.17) is 0 Å². The molecule has 0 aromatic heterocycles. The second-order valence-electron chi connectivity index (χ2n) is 9.68. The van der Waals surface area contributed by atoms with E-state index in [2.05, 4.69) is 29.2 Å². The van der Waals surface area contributed by atoms with Crippen LogP contribution in [-0.2, 0) is 4.79 Å². The van der Waals surface area contributed by atoms with E-state index in [0.29, 0.717) is 24.2 Å². The van der Waals surface area contributed by atoms with Crippen LogP contribution in [0.25, 0.3) is 0 Å². The first-order valence-electron chi connectivity index (χ1n) is 10.0. The van der Waals surface area contributed by atoms with Crippen LogP contribution in [0.15, 0.2) is 24.3 Å². The van der Waals surface area contributed by atoms with Crippen LogP contribution in [0.3, 0.4) is 0 Å². The van der Waals surface area contributed by atoms with Gasteiger partial charge in [0.25, 0.3) is 0 Å². The van der Waals surface area contributed by atoms with Gasteiger partial charge in [0.1, 0.15) is 0 Å². The predicted octanol–water partition coefficient (Wildman–Crippen LogP) is 3.82. The zero-order valence-corrected chi connectivity index (χ0v) is 15.2. The lowest BCUT2D eigenvalue weighted by Gasteiger charge is -2.52. The molecule has 25 heavy (non-hydrogen) atoms. The standard InChI is InChI=1S/C22H29NO2/c1-21(25)10-19(11-21)20(24)23-13-22(14-23)9-8-18(12-22)17-6-4-16(5-7-17)15-2-3-15/h4-7,15,18-19,25H,2-3,8-14H2,1H3/t18-,19-,21+/m1/s1. The Balaban J connectivity index is 1.17. The molecular weight excluding hydrogens is 310 g/mol. The van der Waals surface area contributed by atoms with Crippen LogP contribution in [-0.4, -0.2) is 34.6 Å². The van der Waals surface area contributed by atoms with Gasteiger partial charge in [-0.15, -0.1) is 0 Å². The number of likely N-dealkylation sites (tertiary alicyclic amines) is 1. The minimum atomic E-state index is -0.603. The summed E-state index contributed by atoms with van der Waals surface area (Å²) in [5.41, 5.74) is 2.80. The lowest BCUT2D eigenvalue weighted by molar-refractivity contribution is -0.161. The SMILES string of the molecule is C[C@]1(O)C[C@@H](C(=O)N2CC3(CC[C@@H](c4ccc(C5CC5)cc4)C3)C2)C1. The fourth-order valence-electron chi connectivity index (χ4n) is 5.59. The minimum absolute atomic E-state index is 0.0690. The van der Waals surface area contributed by atoms with Crippen LogP contribution in [0.2, 0.25) is 0 Å². The number of nitrogens with zero attached hydrogens (tertiary/aromatic N) is 1. The fraction of sp³-hybridized carbons (Fsp3) is 0.682. The third-order valence-electron chi connectivity index (χ3n) is 7.24. The summed E-state index contributed by atoms with van der Waals surface area (Å²) >= 11 is 0. The zero-order valence-electron chi connectivity index (χ0n) is 15.2. The van der Waals surface area contributed by atoms with Crippen molar-refractivity contribution in [2.24, 2.45) is 11.3 Å². The van der Waals surface area contributed by atoms with Gasteiger partial charge >= 0.3 is 0 Å². The van der Waals surface area contributed by atoms with Crippen molar-refractivity contribution in [3.8, 4) is 0 Å². The molecule has 1 atom stereocenters. The second-order valence-corrected chi connectivity index (χ2v) is 9.68. The summed E-state index contributed by atoms with van der Waals surface area (Å²) in [6, 6.07) is 9.40. The largest absolute Gasteiger partial charge is 0.390 e. The van der Waals surface area contributed by atoms with Crippen LogP contribution in [0, 0.1) is 11.3 Å². The van der Waals surface area contributed by atoms with Crippen molar-refractivity contribution in [1.82, 2.24) is 4.90 Å². The van der Waals surface area contributed by atoms with E-state index in [9.17, 15) is 9.90 Å². The molecule has 134 valence electrons. The average Bonchev–Trinajstić information content (AvgIpc) is 3.29. The number of carbonyl (C=O) groups is 1. The number of benzene rings is 1. The van der Waals surface area contributed by atoms with E-state index in [1.54, 1.807) is 0 Å². The molecule has 1 saturated heterocycles. The summed E-state index contributed by atoms with van der Waals surface area (Å²) in [5, 5.41) is 9.86. The predicted molar refractivity (Wildman–Crippen MR) is 97.4 cm³/mol. The molecule has 1 aromatic rings. The number of amides is 1. The highest BCUT2D eigenvalue weighted by Gasteiger charge is 2.53. The van der Waals surface area contributed by atoms with Crippen LogP contribution < -0.4 is 0 Å². The molecule has 3 aliphatic carbocycles. The minimum Gasteiger partial charge on any atom is -0.390 e. The Kier molecular flexibility index (Phi) is 3.38. The van der Waals surface area contributed by atoms with E-state index < -0.39 is 5.60 Å². The molecule has 5 rings (SSSR count). The first-order valence-corrected chi connectivity index (χ1v) is 10.0. The molecule has 1 heterocycles. The van der Waals surface area contributed by atoms with Gasteiger partial charge in [0.05, 0.1) is 5.60 Å². The topological polar surface area (TPSA) is 40.5 Å². The molecule has 1 N–H and O–H groups in total. The van der Waals surface area contributed by atoms with Crippen LogP contribution >= 0.6 is 0 Å². The summed E-state index contributed by atoms with van der Waals surface area (Å²) < 4.78 is 0. The van der Waals surface area contributed by atoms with Gasteiger partial charge in [-0.2, -0.15) is 0 Å². The zero-order chi connectivity index (χ0) is 17.2. The van der Waals surface area contributed by atoms with E-state index >= 15 is 0 Å². The summed E-state index contributed by atoms with van der Waals surface area (Å²) in [6.07, 6.45) is 7.79. The summed E-state index contributed by atoms with van der Waals surface area (Å²) in [4.78, 5) is 14.6. The molecule has 0 bridgehead atoms. The fourth-order valence-corrected chi connectivity index (χ4v) is 5.59. The van der Waals surface area contributed by atoms with E-state index in [-0.39, 0.29) is 11.8 Å². The maximum absolute atomic E-state index is 12.5. The summed E-state index contributed by atoms with van der Waals surface area (Å²) in [6.45, 7) is 3.73. The van der Waals surface area contributed by atoms with Gasteiger partial charge in [-0.1, -0.05) is 24.3 Å². The van der Waals surface area contributed by atoms with Gasteiger partial charge in [-0.25, -0.2) is 0 Å². The van der Waals surface area contributed by atoms with Crippen molar-refractivity contribution in [1.29, 1.82) is 0 Å². The normalized spacial score (nSPS) is 36.2. The Bertz CT molecular complexity index is 674. The van der Waals surface area contributed by atoms with Crippen molar-refractivity contribution >= 4 is 5.91 Å². The number of hydrogen-bond acceptors (Lipinski definition) is 2. The van der Waals surface area contributed by atoms with Crippen molar-refractivity contribution < 1.29 is 9.90 Å². The Morgan fingerprint density at radius 2 is 1.60 bits per heavy atom. The van der Waals surface area contributed by atoms with Crippen LogP contribution in [0.5, 0.6) is 0 Å². The van der Waals surface area contributed by atoms with Gasteiger partial charge in [-0.3, -0.25) is 4.79 Å². The molecule has 1 aromatic carbocycles. The maximum atomic E-state index is 12.5. The van der Waals surface area contributed by atoms with Crippen molar-refractivity contribution in [2.75, 3.05) is 13.1 Å². The molecule has 0 unspecified atom stereocenters. The smallest absolute Gasteiger partial charge is 0.225 e. The van der Waals surface area contributed by atoms with Gasteiger partial charge in [-0.05, 0) is 74.8 Å². The summed E-state index contributed by atoms with van der Waals surface area (Å²) in [5.74, 6) is 1.87. The first-order chi connectivity index (χ1) is 11.9. The maximum Gasteiger partial charge on any atom is 0.225 e. The first kappa shape index (κ1) is 15.9. The molecule has 1 amide bonds. The molecule has 1 aliphatic heterocycles. The molecule has 4 fully saturated rings. The number of hydrogen-bond donors (Lipinski definition) is 1. The molecule has 1 spiro atoms. The lowest BCUT2D eigenvalue weighted by atomic mass is 9.69. The average molecular weight is 339 g/mol. The van der Waals surface area contributed by atoms with Crippen molar-refractivity contribution in [3.05, 3.63) is 35.4 Å². The van der Waals surface area contributed by atoms with Gasteiger partial charge in [0.2, 0.25) is 5.91 Å². The van der Waals surface area contributed by atoms with Crippen LogP contribution in [0.1, 0.15) is 74.8 Å². The molecule has 0 radical (unpaired) electrons. The van der Waals surface area contributed by atoms with Gasteiger partial charge in [0.15, 0.2) is 0 Å². The number of carbonyl (C=O) groups excluding carboxylic acids is 1. The Labute approximate surface area is 150 Å². The number of aliphatic hydroxyl groups is 1. The third kappa shape index (κ3) is 2.81. The summed E-state index contributed by atoms with van der Waals surface area (Å²) in [7, 11) is 0. The molecule has 3 nitrogen and oxygen atoms in total. The van der Waals surface area contributed by atoms with Crippen molar-refractivity contribution in [3.63, 3.8) is 0 Å². The van der Waals surface area contributed by atoms with E-state index in [1.807, 2.05) is 6.92 Å². The molecule has 3 heteroatoms. The molecule has 4 aliphatic rings. The quantitative estimate of drug-likeness (QED) is 0.909. The van der Waals surface area contributed by atoms with Gasteiger partial charge in [0, 0.05) is 24.4 Å². The number of rotatable bonds is 3. The lowest BCUT2D eigenvalue weighted by Crippen LogP contribution is -2.61. The van der Waals surface area contributed by atoms with Crippen LogP contribution in [0.4, 0.5) is 0 Å².